The fourth-order valence-corrected chi connectivity index (χ4v) is 4.69. The van der Waals surface area contributed by atoms with Crippen molar-refractivity contribution in [2.24, 2.45) is 5.92 Å². The normalized spacial score (nSPS) is 18.3. The predicted octanol–water partition coefficient (Wildman–Crippen LogP) is 4.33. The molecule has 1 aromatic rings. The van der Waals surface area contributed by atoms with Crippen molar-refractivity contribution in [3.05, 3.63) is 56.9 Å². The molecule has 178 valence electrons. The lowest BCUT2D eigenvalue weighted by atomic mass is 9.86. The van der Waals surface area contributed by atoms with Crippen LogP contribution in [0, 0.1) is 11.7 Å². The molecule has 1 unspecified atom stereocenters. The lowest BCUT2D eigenvalue weighted by molar-refractivity contribution is -0.119. The third kappa shape index (κ3) is 6.09. The Morgan fingerprint density at radius 3 is 2.64 bits per heavy atom. The minimum Gasteiger partial charge on any atom is -0.443 e. The number of ether oxygens (including phenoxy) is 1. The largest absolute Gasteiger partial charge is 0.443 e. The zero-order valence-electron chi connectivity index (χ0n) is 19.1. The van der Waals surface area contributed by atoms with Gasteiger partial charge < -0.3 is 10.1 Å². The van der Waals surface area contributed by atoms with Crippen LogP contribution in [0.25, 0.3) is 0 Å². The number of nitrogens with zero attached hydrogens (tertiary/aromatic N) is 1. The number of Topliss-reactive ketones (excluding diaryl/α,β-unsaturated/α-hetero) is 1. The van der Waals surface area contributed by atoms with Crippen molar-refractivity contribution in [1.82, 2.24) is 15.8 Å². The summed E-state index contributed by atoms with van der Waals surface area (Å²) in [6.45, 7) is 8.89. The lowest BCUT2D eigenvalue weighted by Gasteiger charge is -2.28. The smallest absolute Gasteiger partial charge is 0.426 e. The molecule has 2 aliphatic rings. The number of ketones is 1. The van der Waals surface area contributed by atoms with Gasteiger partial charge in [-0.05, 0) is 58.7 Å². The third-order valence-electron chi connectivity index (χ3n) is 4.73. The highest BCUT2D eigenvalue weighted by Gasteiger charge is 2.40. The van der Waals surface area contributed by atoms with Crippen molar-refractivity contribution in [2.75, 3.05) is 5.88 Å². The van der Waals surface area contributed by atoms with E-state index in [1.807, 2.05) is 13.8 Å². The van der Waals surface area contributed by atoms with Crippen molar-refractivity contribution in [3.8, 4) is 0 Å². The number of allylic oxidation sites excluding steroid dienone is 2. The van der Waals surface area contributed by atoms with Crippen LogP contribution in [0.3, 0.4) is 0 Å². The van der Waals surface area contributed by atoms with Crippen LogP contribution in [0.15, 0.2) is 40.5 Å². The van der Waals surface area contributed by atoms with E-state index >= 15 is 0 Å². The van der Waals surface area contributed by atoms with Crippen LogP contribution in [0.2, 0.25) is 5.02 Å². The van der Waals surface area contributed by atoms with E-state index in [-0.39, 0.29) is 40.7 Å². The molecule has 0 saturated carbocycles. The van der Waals surface area contributed by atoms with Crippen molar-refractivity contribution < 1.29 is 23.5 Å². The van der Waals surface area contributed by atoms with Crippen molar-refractivity contribution in [3.63, 3.8) is 0 Å². The number of nitrogens with one attached hydrogen (secondary N) is 2. The molecule has 2 N–H and O–H groups in total. The highest BCUT2D eigenvalue weighted by Crippen LogP contribution is 2.42. The molecule has 1 heterocycles. The first kappa shape index (κ1) is 25.1. The van der Waals surface area contributed by atoms with E-state index in [4.69, 9.17) is 16.3 Å². The van der Waals surface area contributed by atoms with E-state index in [9.17, 15) is 18.8 Å². The van der Waals surface area contributed by atoms with Gasteiger partial charge in [0.1, 0.15) is 17.1 Å². The minimum atomic E-state index is -0.723. The average Bonchev–Trinajstić information content (AvgIpc) is 3.08. The molecule has 0 spiro atoms. The maximum Gasteiger partial charge on any atom is 0.426 e. The Morgan fingerprint density at radius 2 is 2.03 bits per heavy atom. The molecule has 7 nitrogen and oxygen atoms in total. The molecule has 1 atom stereocenters. The molecular weight excluding hydrogens is 469 g/mol. The first-order chi connectivity index (χ1) is 15.4. The minimum absolute atomic E-state index is 0.00816. The van der Waals surface area contributed by atoms with E-state index in [0.717, 1.165) is 0 Å². The van der Waals surface area contributed by atoms with Crippen molar-refractivity contribution in [2.45, 2.75) is 52.7 Å². The Bertz CT molecular complexity index is 1050. The quantitative estimate of drug-likeness (QED) is 0.632. The SMILES string of the molecule is CC(C)NC(=O)C1=CC(Cc2ccc(Cl)c(F)c2)C(=O)C2=C1SCN2NC(=O)OC(C)(C)C. The standard InChI is InChI=1S/C23H27ClFN3O4S/c1-12(2)26-21(30)15-10-14(8-13-6-7-16(24)17(25)9-13)19(29)18-20(15)33-11-28(18)27-22(31)32-23(3,4)5/h6-7,9-10,12,14H,8,11H2,1-5H3,(H,26,30)(H,27,31). The topological polar surface area (TPSA) is 87.7 Å². The van der Waals surface area contributed by atoms with Gasteiger partial charge in [-0.25, -0.2) is 14.6 Å². The Labute approximate surface area is 201 Å². The summed E-state index contributed by atoms with van der Waals surface area (Å²) in [5.74, 6) is -1.65. The summed E-state index contributed by atoms with van der Waals surface area (Å²) in [6, 6.07) is 4.25. The van der Waals surface area contributed by atoms with Gasteiger partial charge in [-0.1, -0.05) is 35.5 Å². The summed E-state index contributed by atoms with van der Waals surface area (Å²) in [7, 11) is 0. The molecule has 2 amide bonds. The number of halogens is 2. The van der Waals surface area contributed by atoms with Crippen LogP contribution in [-0.4, -0.2) is 40.3 Å². The zero-order valence-corrected chi connectivity index (χ0v) is 20.7. The highest BCUT2D eigenvalue weighted by atomic mass is 35.5. The number of amides is 2. The van der Waals surface area contributed by atoms with Crippen LogP contribution in [0.1, 0.15) is 40.2 Å². The first-order valence-electron chi connectivity index (χ1n) is 10.5. The second-order valence-electron chi connectivity index (χ2n) is 9.12. The Hall–Kier alpha value is -2.52. The first-order valence-corrected chi connectivity index (χ1v) is 11.9. The average molecular weight is 496 g/mol. The molecule has 33 heavy (non-hydrogen) atoms. The molecule has 10 heteroatoms. The van der Waals surface area contributed by atoms with Gasteiger partial charge in [0.05, 0.1) is 21.4 Å². The van der Waals surface area contributed by atoms with E-state index in [0.29, 0.717) is 16.0 Å². The summed E-state index contributed by atoms with van der Waals surface area (Å²) >= 11 is 7.06. The molecule has 1 aromatic carbocycles. The maximum absolute atomic E-state index is 14.0. The number of thioether (sulfide) groups is 1. The molecular formula is C23H27ClFN3O4S. The van der Waals surface area contributed by atoms with E-state index in [1.165, 1.54) is 28.9 Å². The fourth-order valence-electron chi connectivity index (χ4n) is 3.45. The molecule has 1 aliphatic heterocycles. The summed E-state index contributed by atoms with van der Waals surface area (Å²) in [4.78, 5) is 39.2. The van der Waals surface area contributed by atoms with Gasteiger partial charge in [0.2, 0.25) is 0 Å². The second-order valence-corrected chi connectivity index (χ2v) is 10.5. The molecule has 1 aliphatic carbocycles. The predicted molar refractivity (Wildman–Crippen MR) is 126 cm³/mol. The molecule has 0 bridgehead atoms. The summed E-state index contributed by atoms with van der Waals surface area (Å²) in [5, 5.41) is 4.25. The van der Waals surface area contributed by atoms with Crippen LogP contribution in [-0.2, 0) is 20.7 Å². The number of hydrogen-bond acceptors (Lipinski definition) is 6. The number of hydrogen-bond donors (Lipinski definition) is 2. The van der Waals surface area contributed by atoms with Crippen LogP contribution < -0.4 is 10.7 Å². The third-order valence-corrected chi connectivity index (χ3v) is 6.13. The van der Waals surface area contributed by atoms with E-state index in [2.05, 4.69) is 10.7 Å². The molecule has 0 radical (unpaired) electrons. The molecule has 0 saturated heterocycles. The van der Waals surface area contributed by atoms with Crippen LogP contribution in [0.4, 0.5) is 9.18 Å². The summed E-state index contributed by atoms with van der Waals surface area (Å²) in [6.07, 6.45) is 1.09. The number of benzene rings is 1. The molecule has 0 aromatic heterocycles. The second kappa shape index (κ2) is 9.77. The lowest BCUT2D eigenvalue weighted by Crippen LogP contribution is -2.45. The highest BCUT2D eigenvalue weighted by molar-refractivity contribution is 8.03. The van der Waals surface area contributed by atoms with E-state index < -0.39 is 23.4 Å². The van der Waals surface area contributed by atoms with Gasteiger partial charge in [0.25, 0.3) is 5.91 Å². The van der Waals surface area contributed by atoms with Gasteiger partial charge in [-0.15, -0.1) is 0 Å². The summed E-state index contributed by atoms with van der Waals surface area (Å²) < 4.78 is 19.3. The van der Waals surface area contributed by atoms with Gasteiger partial charge in [0.15, 0.2) is 5.78 Å². The molecule has 3 rings (SSSR count). The van der Waals surface area contributed by atoms with Crippen LogP contribution in [0.5, 0.6) is 0 Å². The summed E-state index contributed by atoms with van der Waals surface area (Å²) in [5.41, 5.74) is 3.04. The monoisotopic (exact) mass is 495 g/mol. The fraction of sp³-hybridized carbons (Fsp3) is 0.435. The number of rotatable bonds is 5. The number of hydrazine groups is 1. The zero-order chi connectivity index (χ0) is 24.5. The molecule has 0 fully saturated rings. The van der Waals surface area contributed by atoms with Gasteiger partial charge >= 0.3 is 6.09 Å². The van der Waals surface area contributed by atoms with Gasteiger partial charge in [-0.2, -0.15) is 0 Å². The number of carbonyl (C=O) groups is 3. The van der Waals surface area contributed by atoms with Crippen molar-refractivity contribution in [1.29, 1.82) is 0 Å². The van der Waals surface area contributed by atoms with Gasteiger partial charge in [-0.3, -0.25) is 14.6 Å². The van der Waals surface area contributed by atoms with Crippen LogP contribution >= 0.6 is 23.4 Å². The van der Waals surface area contributed by atoms with Crippen molar-refractivity contribution >= 4 is 41.1 Å². The number of carbonyl (C=O) groups excluding carboxylic acids is 3. The Balaban J connectivity index is 1.93. The van der Waals surface area contributed by atoms with Gasteiger partial charge in [0, 0.05) is 12.0 Å². The Kier molecular flexibility index (Phi) is 7.43. The van der Waals surface area contributed by atoms with E-state index in [1.54, 1.807) is 32.9 Å². The Morgan fingerprint density at radius 1 is 1.33 bits per heavy atom. The maximum atomic E-state index is 14.0.